The van der Waals surface area contributed by atoms with Crippen LogP contribution in [0.3, 0.4) is 0 Å². The molecule has 0 unspecified atom stereocenters. The summed E-state index contributed by atoms with van der Waals surface area (Å²) in [6.07, 6.45) is 4.14. The van der Waals surface area contributed by atoms with Gasteiger partial charge in [-0.25, -0.2) is 8.42 Å². The molecule has 0 aliphatic heterocycles. The Morgan fingerprint density at radius 2 is 1.95 bits per heavy atom. The van der Waals surface area contributed by atoms with Crippen molar-refractivity contribution in [2.75, 3.05) is 12.4 Å². The second kappa shape index (κ2) is 6.67. The van der Waals surface area contributed by atoms with E-state index in [1.807, 2.05) is 13.8 Å². The van der Waals surface area contributed by atoms with Crippen LogP contribution in [0.15, 0.2) is 4.90 Å². The smallest absolute Gasteiger partial charge is 0.246 e. The molecular weight excluding hydrogens is 310 g/mol. The molecule has 1 aliphatic carbocycles. The number of nitrogens with zero attached hydrogens (tertiary/aromatic N) is 3. The average molecular weight is 334 g/mol. The number of aromatic nitrogens is 2. The van der Waals surface area contributed by atoms with Crippen LogP contribution >= 0.6 is 11.6 Å². The molecule has 0 spiro atoms. The fraction of sp³-hybridized carbons (Fsp3) is 0.786. The van der Waals surface area contributed by atoms with E-state index in [2.05, 4.69) is 5.10 Å². The van der Waals surface area contributed by atoms with E-state index in [1.54, 1.807) is 15.9 Å². The molecule has 7 heteroatoms. The molecule has 1 fully saturated rings. The molecule has 0 N–H and O–H groups in total. The highest BCUT2D eigenvalue weighted by Crippen LogP contribution is 2.30. The van der Waals surface area contributed by atoms with E-state index in [4.69, 9.17) is 11.6 Å². The number of hydrogen-bond donors (Lipinski definition) is 0. The maximum Gasteiger partial charge on any atom is 0.246 e. The Bertz CT molecular complexity index is 592. The quantitative estimate of drug-likeness (QED) is 0.752. The number of sulfonamides is 1. The minimum Gasteiger partial charge on any atom is -0.267 e. The zero-order valence-electron chi connectivity index (χ0n) is 13.0. The third-order valence-corrected chi connectivity index (χ3v) is 6.67. The molecule has 1 aliphatic rings. The van der Waals surface area contributed by atoms with E-state index < -0.39 is 10.0 Å². The highest BCUT2D eigenvalue weighted by molar-refractivity contribution is 7.89. The van der Waals surface area contributed by atoms with Gasteiger partial charge in [0.15, 0.2) is 0 Å². The Morgan fingerprint density at radius 3 is 2.48 bits per heavy atom. The minimum absolute atomic E-state index is 0.134. The number of hydrogen-bond acceptors (Lipinski definition) is 3. The van der Waals surface area contributed by atoms with Gasteiger partial charge in [0.2, 0.25) is 10.0 Å². The summed E-state index contributed by atoms with van der Waals surface area (Å²) >= 11 is 5.76. The average Bonchev–Trinajstić information content (AvgIpc) is 3.00. The van der Waals surface area contributed by atoms with Crippen molar-refractivity contribution in [2.45, 2.75) is 63.9 Å². The van der Waals surface area contributed by atoms with Crippen LogP contribution in [0.2, 0.25) is 0 Å². The van der Waals surface area contributed by atoms with Crippen molar-refractivity contribution in [3.63, 3.8) is 0 Å². The first-order valence-electron chi connectivity index (χ1n) is 7.55. The SMILES string of the molecule is CCN(C1CCCC1)S(=O)(=O)c1c(C)nn(CCCl)c1C. The van der Waals surface area contributed by atoms with Crippen molar-refractivity contribution in [3.8, 4) is 0 Å². The molecule has 0 radical (unpaired) electrons. The Labute approximate surface area is 132 Å². The predicted molar refractivity (Wildman–Crippen MR) is 84.2 cm³/mol. The topological polar surface area (TPSA) is 55.2 Å². The van der Waals surface area contributed by atoms with Crippen LogP contribution < -0.4 is 0 Å². The molecule has 5 nitrogen and oxygen atoms in total. The van der Waals surface area contributed by atoms with Crippen molar-refractivity contribution >= 4 is 21.6 Å². The van der Waals surface area contributed by atoms with Gasteiger partial charge in [-0.05, 0) is 26.7 Å². The molecule has 1 saturated carbocycles. The lowest BCUT2D eigenvalue weighted by Gasteiger charge is -2.26. The standard InChI is InChI=1S/C14H24ClN3O2S/c1-4-18(13-7-5-6-8-13)21(19,20)14-11(2)16-17(10-9-15)12(14)3/h13H,4-10H2,1-3H3. The zero-order valence-corrected chi connectivity index (χ0v) is 14.5. The molecule has 1 heterocycles. The molecule has 1 aromatic rings. The molecule has 0 bridgehead atoms. The monoisotopic (exact) mass is 333 g/mol. The normalized spacial score (nSPS) is 17.0. The van der Waals surface area contributed by atoms with Gasteiger partial charge in [-0.3, -0.25) is 4.68 Å². The molecule has 0 amide bonds. The van der Waals surface area contributed by atoms with Crippen LogP contribution in [0, 0.1) is 13.8 Å². The fourth-order valence-electron chi connectivity index (χ4n) is 3.29. The zero-order chi connectivity index (χ0) is 15.6. The van der Waals surface area contributed by atoms with Gasteiger partial charge < -0.3 is 0 Å². The van der Waals surface area contributed by atoms with Gasteiger partial charge in [0.05, 0.1) is 17.9 Å². The van der Waals surface area contributed by atoms with Crippen molar-refractivity contribution in [2.24, 2.45) is 0 Å². The van der Waals surface area contributed by atoms with Gasteiger partial charge in [0.25, 0.3) is 0 Å². The summed E-state index contributed by atoms with van der Waals surface area (Å²) in [4.78, 5) is 0.362. The number of halogens is 1. The fourth-order valence-corrected chi connectivity index (χ4v) is 5.52. The van der Waals surface area contributed by atoms with Gasteiger partial charge >= 0.3 is 0 Å². The summed E-state index contributed by atoms with van der Waals surface area (Å²) < 4.78 is 29.4. The Morgan fingerprint density at radius 1 is 1.33 bits per heavy atom. The molecule has 0 aromatic carbocycles. The van der Waals surface area contributed by atoms with Crippen LogP contribution in [0.25, 0.3) is 0 Å². The predicted octanol–water partition coefficient (Wildman–Crippen LogP) is 2.69. The molecule has 1 aromatic heterocycles. The van der Waals surface area contributed by atoms with Crippen LogP contribution in [-0.4, -0.2) is 41.0 Å². The summed E-state index contributed by atoms with van der Waals surface area (Å²) in [5.41, 5.74) is 1.25. The van der Waals surface area contributed by atoms with Crippen molar-refractivity contribution in [1.29, 1.82) is 0 Å². The lowest BCUT2D eigenvalue weighted by Crippen LogP contribution is -2.39. The molecule has 120 valence electrons. The Hall–Kier alpha value is -0.590. The Kier molecular flexibility index (Phi) is 5.33. The van der Waals surface area contributed by atoms with Gasteiger partial charge in [-0.2, -0.15) is 9.40 Å². The second-order valence-corrected chi connectivity index (χ2v) is 7.76. The van der Waals surface area contributed by atoms with Crippen LogP contribution in [0.5, 0.6) is 0 Å². The summed E-state index contributed by atoms with van der Waals surface area (Å²) in [6.45, 7) is 6.50. The van der Waals surface area contributed by atoms with E-state index in [0.717, 1.165) is 25.7 Å². The summed E-state index contributed by atoms with van der Waals surface area (Å²) in [7, 11) is -3.49. The number of alkyl halides is 1. The summed E-state index contributed by atoms with van der Waals surface area (Å²) in [6, 6.07) is 0.134. The summed E-state index contributed by atoms with van der Waals surface area (Å²) in [5, 5.41) is 4.34. The highest BCUT2D eigenvalue weighted by Gasteiger charge is 2.35. The largest absolute Gasteiger partial charge is 0.267 e. The maximum atomic E-state index is 13.0. The van der Waals surface area contributed by atoms with Crippen molar-refractivity contribution in [1.82, 2.24) is 14.1 Å². The van der Waals surface area contributed by atoms with Crippen LogP contribution in [-0.2, 0) is 16.6 Å². The van der Waals surface area contributed by atoms with Crippen molar-refractivity contribution in [3.05, 3.63) is 11.4 Å². The lowest BCUT2D eigenvalue weighted by molar-refractivity contribution is 0.335. The van der Waals surface area contributed by atoms with Crippen molar-refractivity contribution < 1.29 is 8.42 Å². The minimum atomic E-state index is -3.49. The first-order valence-corrected chi connectivity index (χ1v) is 9.52. The Balaban J connectivity index is 2.42. The molecular formula is C14H24ClN3O2S. The summed E-state index contributed by atoms with van der Waals surface area (Å²) in [5.74, 6) is 0.418. The van der Waals surface area contributed by atoms with Gasteiger partial charge in [-0.1, -0.05) is 19.8 Å². The number of rotatable bonds is 6. The lowest BCUT2D eigenvalue weighted by atomic mass is 10.2. The second-order valence-electron chi connectivity index (χ2n) is 5.56. The van der Waals surface area contributed by atoms with Crippen LogP contribution in [0.4, 0.5) is 0 Å². The maximum absolute atomic E-state index is 13.0. The van der Waals surface area contributed by atoms with E-state index >= 15 is 0 Å². The third kappa shape index (κ3) is 3.12. The van der Waals surface area contributed by atoms with Crippen LogP contribution in [0.1, 0.15) is 44.0 Å². The molecule has 21 heavy (non-hydrogen) atoms. The highest BCUT2D eigenvalue weighted by atomic mass is 35.5. The molecule has 0 saturated heterocycles. The third-order valence-electron chi connectivity index (χ3n) is 4.22. The molecule has 0 atom stereocenters. The number of aryl methyl sites for hydroxylation is 2. The van der Waals surface area contributed by atoms with E-state index in [0.29, 0.717) is 35.3 Å². The van der Waals surface area contributed by atoms with Gasteiger partial charge in [0, 0.05) is 18.5 Å². The van der Waals surface area contributed by atoms with E-state index in [-0.39, 0.29) is 6.04 Å². The first-order chi connectivity index (χ1) is 9.93. The first kappa shape index (κ1) is 16.8. The van der Waals surface area contributed by atoms with E-state index in [9.17, 15) is 8.42 Å². The molecule has 2 rings (SSSR count). The van der Waals surface area contributed by atoms with Gasteiger partial charge in [-0.15, -0.1) is 11.6 Å². The van der Waals surface area contributed by atoms with E-state index in [1.165, 1.54) is 0 Å². The van der Waals surface area contributed by atoms with Gasteiger partial charge in [0.1, 0.15) is 4.90 Å².